The minimum atomic E-state index is -1.84. The fourth-order valence-corrected chi connectivity index (χ4v) is 1.30. The van der Waals surface area contributed by atoms with E-state index in [9.17, 15) is 14.7 Å². The molecule has 5 heteroatoms. The Balaban J connectivity index is 2.93. The predicted molar refractivity (Wildman–Crippen MR) is 50.8 cm³/mol. The molecule has 1 rings (SSSR count). The Morgan fingerprint density at radius 1 is 1.67 bits per heavy atom. The summed E-state index contributed by atoms with van der Waals surface area (Å²) in [5.74, 6) is -2.47. The maximum absolute atomic E-state index is 10.8. The van der Waals surface area contributed by atoms with Gasteiger partial charge in [-0.2, -0.15) is 0 Å². The van der Waals surface area contributed by atoms with Crippen molar-refractivity contribution >= 4 is 12.3 Å². The fraction of sp³-hybridized carbons (Fsp3) is 0.400. The molecule has 0 radical (unpaired) electrons. The van der Waals surface area contributed by atoms with Crippen molar-refractivity contribution in [2.24, 2.45) is 0 Å². The van der Waals surface area contributed by atoms with Crippen LogP contribution in [0.4, 0.5) is 0 Å². The molecule has 2 unspecified atom stereocenters. The molecule has 0 aromatic heterocycles. The Morgan fingerprint density at radius 2 is 2.33 bits per heavy atom. The first-order valence-electron chi connectivity index (χ1n) is 4.33. The predicted octanol–water partition coefficient (Wildman–Crippen LogP) is -0.0518. The van der Waals surface area contributed by atoms with Gasteiger partial charge in [-0.3, -0.25) is 9.59 Å². The van der Waals surface area contributed by atoms with E-state index in [1.807, 2.05) is 0 Å². The molecule has 1 aliphatic rings. The Kier molecular flexibility index (Phi) is 3.39. The molecule has 82 valence electrons. The van der Waals surface area contributed by atoms with E-state index in [-0.39, 0.29) is 0 Å². The summed E-state index contributed by atoms with van der Waals surface area (Å²) in [6.45, 7) is 1.18. The van der Waals surface area contributed by atoms with Gasteiger partial charge in [-0.1, -0.05) is 0 Å². The van der Waals surface area contributed by atoms with Crippen molar-refractivity contribution in [1.29, 1.82) is 0 Å². The Morgan fingerprint density at radius 3 is 2.80 bits per heavy atom. The van der Waals surface area contributed by atoms with Crippen LogP contribution in [0.5, 0.6) is 0 Å². The summed E-state index contributed by atoms with van der Waals surface area (Å²) in [6, 6.07) is 0. The summed E-state index contributed by atoms with van der Waals surface area (Å²) in [5.41, 5.74) is 0.360. The Bertz CT molecular complexity index is 331. The lowest BCUT2D eigenvalue weighted by Gasteiger charge is -2.31. The second kappa shape index (κ2) is 4.37. The molecule has 0 spiro atoms. The molecule has 15 heavy (non-hydrogen) atoms. The van der Waals surface area contributed by atoms with Crippen LogP contribution in [-0.4, -0.2) is 36.4 Å². The van der Waals surface area contributed by atoms with Gasteiger partial charge in [0, 0.05) is 19.6 Å². The highest BCUT2D eigenvalue weighted by atomic mass is 16.7. The van der Waals surface area contributed by atoms with Crippen LogP contribution >= 0.6 is 0 Å². The molecule has 0 bridgehead atoms. The number of rotatable bonds is 3. The van der Waals surface area contributed by atoms with Crippen molar-refractivity contribution in [3.05, 3.63) is 23.8 Å². The Labute approximate surface area is 87.0 Å². The molecular weight excluding hydrogens is 200 g/mol. The average molecular weight is 212 g/mol. The molecule has 0 amide bonds. The van der Waals surface area contributed by atoms with Crippen molar-refractivity contribution < 1.29 is 24.2 Å². The van der Waals surface area contributed by atoms with Gasteiger partial charge in [-0.15, -0.1) is 0 Å². The SMILES string of the molecule is COC1C=C(C=O)C=CC1(O)OC(C)=O. The normalized spacial score (nSPS) is 29.5. The second-order valence-electron chi connectivity index (χ2n) is 3.12. The molecule has 0 fully saturated rings. The standard InChI is InChI=1S/C10H12O5/c1-7(12)15-10(13)4-3-8(6-11)5-9(10)14-2/h3-6,9,13H,1-2H3. The summed E-state index contributed by atoms with van der Waals surface area (Å²) >= 11 is 0. The van der Waals surface area contributed by atoms with Crippen LogP contribution in [-0.2, 0) is 19.1 Å². The Hall–Kier alpha value is -1.46. The van der Waals surface area contributed by atoms with Gasteiger partial charge in [0.05, 0.1) is 0 Å². The van der Waals surface area contributed by atoms with Gasteiger partial charge in [0.25, 0.3) is 5.79 Å². The highest BCUT2D eigenvalue weighted by molar-refractivity contribution is 5.78. The number of hydrogen-bond acceptors (Lipinski definition) is 5. The van der Waals surface area contributed by atoms with Gasteiger partial charge in [0.1, 0.15) is 12.4 Å². The number of carbonyl (C=O) groups excluding carboxylic acids is 2. The molecule has 0 heterocycles. The van der Waals surface area contributed by atoms with Gasteiger partial charge < -0.3 is 14.6 Å². The summed E-state index contributed by atoms with van der Waals surface area (Å²) in [7, 11) is 1.34. The van der Waals surface area contributed by atoms with E-state index in [4.69, 9.17) is 9.47 Å². The molecule has 0 aliphatic heterocycles. The molecule has 5 nitrogen and oxygen atoms in total. The van der Waals surface area contributed by atoms with Gasteiger partial charge in [0.15, 0.2) is 0 Å². The van der Waals surface area contributed by atoms with Crippen LogP contribution < -0.4 is 0 Å². The van der Waals surface area contributed by atoms with Crippen molar-refractivity contribution in [2.45, 2.75) is 18.8 Å². The average Bonchev–Trinajstić information content (AvgIpc) is 2.17. The van der Waals surface area contributed by atoms with Crippen LogP contribution in [0.2, 0.25) is 0 Å². The van der Waals surface area contributed by atoms with Crippen molar-refractivity contribution in [3.8, 4) is 0 Å². The molecular formula is C10H12O5. The monoisotopic (exact) mass is 212 g/mol. The lowest BCUT2D eigenvalue weighted by atomic mass is 9.99. The third kappa shape index (κ3) is 2.51. The molecule has 1 aliphatic carbocycles. The minimum absolute atomic E-state index is 0.360. The largest absolute Gasteiger partial charge is 0.426 e. The zero-order valence-electron chi connectivity index (χ0n) is 8.47. The highest BCUT2D eigenvalue weighted by Gasteiger charge is 2.39. The number of methoxy groups -OCH3 is 1. The molecule has 0 aromatic carbocycles. The van der Waals surface area contributed by atoms with Crippen molar-refractivity contribution in [1.82, 2.24) is 0 Å². The van der Waals surface area contributed by atoms with Crippen LogP contribution in [0.1, 0.15) is 6.92 Å². The zero-order chi connectivity index (χ0) is 11.5. The van der Waals surface area contributed by atoms with Crippen LogP contribution in [0.25, 0.3) is 0 Å². The number of hydrogen-bond donors (Lipinski definition) is 1. The lowest BCUT2D eigenvalue weighted by molar-refractivity contribution is -0.217. The van der Waals surface area contributed by atoms with Crippen LogP contribution in [0.15, 0.2) is 23.8 Å². The van der Waals surface area contributed by atoms with E-state index in [0.29, 0.717) is 11.9 Å². The van der Waals surface area contributed by atoms with Gasteiger partial charge in [-0.25, -0.2) is 0 Å². The first-order valence-corrected chi connectivity index (χ1v) is 4.33. The lowest BCUT2D eigenvalue weighted by Crippen LogP contribution is -2.45. The van der Waals surface area contributed by atoms with E-state index in [2.05, 4.69) is 0 Å². The van der Waals surface area contributed by atoms with Crippen molar-refractivity contribution in [2.75, 3.05) is 7.11 Å². The summed E-state index contributed by atoms with van der Waals surface area (Å²) in [4.78, 5) is 21.3. The third-order valence-corrected chi connectivity index (χ3v) is 1.96. The molecule has 2 atom stereocenters. The van der Waals surface area contributed by atoms with Gasteiger partial charge >= 0.3 is 5.97 Å². The molecule has 0 saturated heterocycles. The van der Waals surface area contributed by atoms with E-state index in [0.717, 1.165) is 0 Å². The van der Waals surface area contributed by atoms with E-state index in [1.54, 1.807) is 0 Å². The van der Waals surface area contributed by atoms with Crippen LogP contribution in [0, 0.1) is 0 Å². The molecule has 0 aromatic rings. The third-order valence-electron chi connectivity index (χ3n) is 1.96. The van der Waals surface area contributed by atoms with E-state index < -0.39 is 17.9 Å². The number of carbonyl (C=O) groups is 2. The number of ether oxygens (including phenoxy) is 2. The number of esters is 1. The van der Waals surface area contributed by atoms with E-state index >= 15 is 0 Å². The summed E-state index contributed by atoms with van der Waals surface area (Å²) < 4.78 is 9.65. The number of allylic oxidation sites excluding steroid dienone is 2. The highest BCUT2D eigenvalue weighted by Crippen LogP contribution is 2.24. The smallest absolute Gasteiger partial charge is 0.305 e. The molecule has 0 saturated carbocycles. The fourth-order valence-electron chi connectivity index (χ4n) is 1.30. The second-order valence-corrected chi connectivity index (χ2v) is 3.12. The quantitative estimate of drug-likeness (QED) is 0.403. The first-order chi connectivity index (χ1) is 7.01. The minimum Gasteiger partial charge on any atom is -0.426 e. The first kappa shape index (κ1) is 11.6. The number of aliphatic hydroxyl groups is 1. The topological polar surface area (TPSA) is 72.8 Å². The van der Waals surface area contributed by atoms with Crippen molar-refractivity contribution in [3.63, 3.8) is 0 Å². The molecule has 1 N–H and O–H groups in total. The summed E-state index contributed by atoms with van der Waals surface area (Å²) in [6.07, 6.45) is 3.70. The number of aldehydes is 1. The van der Waals surface area contributed by atoms with Crippen LogP contribution in [0.3, 0.4) is 0 Å². The maximum atomic E-state index is 10.8. The van der Waals surface area contributed by atoms with E-state index in [1.165, 1.54) is 32.3 Å². The summed E-state index contributed by atoms with van der Waals surface area (Å²) in [5, 5.41) is 9.90. The van der Waals surface area contributed by atoms with Gasteiger partial charge in [0.2, 0.25) is 0 Å². The maximum Gasteiger partial charge on any atom is 0.305 e. The van der Waals surface area contributed by atoms with Gasteiger partial charge in [-0.05, 0) is 18.2 Å². The zero-order valence-corrected chi connectivity index (χ0v) is 8.47.